The van der Waals surface area contributed by atoms with Gasteiger partial charge in [-0.15, -0.1) is 0 Å². The standard InChI is InChI=1S/C24H32N8O2/c33-16-15-30-11-13-31(14-12-30)19-7-5-18(6-8-19)26-22-21-20(17-25-29-23(21)34)27-24(28-22)32-9-3-1-2-4-10-32/h5-8,17,33H,1-4,9-16H2,(H,29,34)(H,26,27,28). The molecule has 0 bridgehead atoms. The lowest BCUT2D eigenvalue weighted by molar-refractivity contribution is 0.189. The molecule has 5 rings (SSSR count). The van der Waals surface area contributed by atoms with Crippen LogP contribution in [0.2, 0.25) is 0 Å². The van der Waals surface area contributed by atoms with Crippen molar-refractivity contribution in [3.05, 3.63) is 40.8 Å². The maximum atomic E-state index is 12.6. The highest BCUT2D eigenvalue weighted by atomic mass is 16.3. The lowest BCUT2D eigenvalue weighted by atomic mass is 10.2. The molecule has 34 heavy (non-hydrogen) atoms. The molecule has 10 nitrogen and oxygen atoms in total. The summed E-state index contributed by atoms with van der Waals surface area (Å²) in [6.45, 7) is 6.54. The number of aliphatic hydroxyl groups excluding tert-OH is 1. The molecule has 2 saturated heterocycles. The Kier molecular flexibility index (Phi) is 6.87. The van der Waals surface area contributed by atoms with Gasteiger partial charge in [0.1, 0.15) is 16.7 Å². The molecule has 0 spiro atoms. The number of hydrogen-bond donors (Lipinski definition) is 3. The molecule has 0 aliphatic carbocycles. The zero-order valence-electron chi connectivity index (χ0n) is 19.4. The average molecular weight is 465 g/mol. The van der Waals surface area contributed by atoms with Crippen LogP contribution < -0.4 is 20.7 Å². The molecule has 0 unspecified atom stereocenters. The lowest BCUT2D eigenvalue weighted by Gasteiger charge is -2.35. The number of H-pyrrole nitrogens is 1. The number of nitrogens with one attached hydrogen (secondary N) is 2. The Morgan fingerprint density at radius 3 is 2.35 bits per heavy atom. The zero-order chi connectivity index (χ0) is 23.3. The Hall–Kier alpha value is -3.24. The van der Waals surface area contributed by atoms with Crippen molar-refractivity contribution in [1.29, 1.82) is 0 Å². The van der Waals surface area contributed by atoms with Gasteiger partial charge in [-0.3, -0.25) is 9.69 Å². The number of aromatic amines is 1. The number of rotatable bonds is 6. The number of benzene rings is 1. The second kappa shape index (κ2) is 10.4. The maximum absolute atomic E-state index is 12.6. The summed E-state index contributed by atoms with van der Waals surface area (Å²) in [7, 11) is 0. The van der Waals surface area contributed by atoms with Crippen LogP contribution in [0, 0.1) is 0 Å². The van der Waals surface area contributed by atoms with E-state index in [1.807, 2.05) is 12.1 Å². The van der Waals surface area contributed by atoms with Gasteiger partial charge in [-0.1, -0.05) is 12.8 Å². The summed E-state index contributed by atoms with van der Waals surface area (Å²) in [6.07, 6.45) is 6.27. The van der Waals surface area contributed by atoms with E-state index in [4.69, 9.17) is 10.1 Å². The second-order valence-corrected chi connectivity index (χ2v) is 8.96. The van der Waals surface area contributed by atoms with Crippen molar-refractivity contribution in [2.24, 2.45) is 0 Å². The number of hydrogen-bond acceptors (Lipinski definition) is 9. The number of nitrogens with zero attached hydrogens (tertiary/aromatic N) is 6. The van der Waals surface area contributed by atoms with Gasteiger partial charge in [-0.2, -0.15) is 10.1 Å². The largest absolute Gasteiger partial charge is 0.395 e. The molecule has 0 radical (unpaired) electrons. The first-order chi connectivity index (χ1) is 16.7. The molecule has 0 atom stereocenters. The zero-order valence-corrected chi connectivity index (χ0v) is 19.4. The van der Waals surface area contributed by atoms with Gasteiger partial charge in [-0.05, 0) is 37.1 Å². The Balaban J connectivity index is 1.38. The third-order valence-corrected chi connectivity index (χ3v) is 6.68. The van der Waals surface area contributed by atoms with E-state index in [1.54, 1.807) is 6.20 Å². The van der Waals surface area contributed by atoms with E-state index in [0.717, 1.165) is 70.0 Å². The van der Waals surface area contributed by atoms with Crippen molar-refractivity contribution in [2.75, 3.05) is 67.5 Å². The molecule has 0 amide bonds. The third-order valence-electron chi connectivity index (χ3n) is 6.68. The third kappa shape index (κ3) is 4.97. The molecule has 180 valence electrons. The molecule has 0 saturated carbocycles. The van der Waals surface area contributed by atoms with Gasteiger partial charge in [0, 0.05) is 57.2 Å². The molecule has 2 aromatic heterocycles. The van der Waals surface area contributed by atoms with Gasteiger partial charge in [0.25, 0.3) is 5.56 Å². The topological polar surface area (TPSA) is 114 Å². The number of aromatic nitrogens is 4. The first-order valence-corrected chi connectivity index (χ1v) is 12.2. The van der Waals surface area contributed by atoms with Crippen LogP contribution in [0.4, 0.5) is 23.1 Å². The minimum Gasteiger partial charge on any atom is -0.395 e. The van der Waals surface area contributed by atoms with Gasteiger partial charge in [-0.25, -0.2) is 10.1 Å². The normalized spacial score (nSPS) is 17.7. The number of aliphatic hydroxyl groups is 1. The summed E-state index contributed by atoms with van der Waals surface area (Å²) in [5, 5.41) is 19.4. The van der Waals surface area contributed by atoms with Crippen LogP contribution in [0.15, 0.2) is 35.3 Å². The van der Waals surface area contributed by atoms with Crippen molar-refractivity contribution < 1.29 is 5.11 Å². The van der Waals surface area contributed by atoms with Crippen molar-refractivity contribution in [3.8, 4) is 0 Å². The fourth-order valence-electron chi connectivity index (χ4n) is 4.76. The van der Waals surface area contributed by atoms with Crippen LogP contribution in [0.1, 0.15) is 25.7 Å². The maximum Gasteiger partial charge on any atom is 0.277 e. The number of piperazine rings is 1. The molecular weight excluding hydrogens is 432 g/mol. The highest BCUT2D eigenvalue weighted by Gasteiger charge is 2.19. The molecule has 2 aliphatic heterocycles. The second-order valence-electron chi connectivity index (χ2n) is 8.96. The molecule has 3 aromatic rings. The fraction of sp³-hybridized carbons (Fsp3) is 0.500. The summed E-state index contributed by atoms with van der Waals surface area (Å²) < 4.78 is 0. The van der Waals surface area contributed by atoms with Gasteiger partial charge < -0.3 is 20.2 Å². The monoisotopic (exact) mass is 464 g/mol. The average Bonchev–Trinajstić information content (AvgIpc) is 3.15. The minimum absolute atomic E-state index is 0.205. The van der Waals surface area contributed by atoms with Crippen molar-refractivity contribution in [2.45, 2.75) is 25.7 Å². The molecule has 10 heteroatoms. The molecule has 1 aromatic carbocycles. The Morgan fingerprint density at radius 1 is 0.912 bits per heavy atom. The summed E-state index contributed by atoms with van der Waals surface area (Å²) in [6, 6.07) is 8.22. The van der Waals surface area contributed by atoms with E-state index in [0.29, 0.717) is 22.7 Å². The predicted octanol–water partition coefficient (Wildman–Crippen LogP) is 1.95. The van der Waals surface area contributed by atoms with E-state index in [2.05, 4.69) is 47.3 Å². The van der Waals surface area contributed by atoms with Crippen LogP contribution in [0.3, 0.4) is 0 Å². The first-order valence-electron chi connectivity index (χ1n) is 12.2. The van der Waals surface area contributed by atoms with Crippen molar-refractivity contribution in [1.82, 2.24) is 25.1 Å². The van der Waals surface area contributed by atoms with Crippen LogP contribution in [0.25, 0.3) is 10.9 Å². The minimum atomic E-state index is -0.306. The highest BCUT2D eigenvalue weighted by Crippen LogP contribution is 2.26. The van der Waals surface area contributed by atoms with E-state index in [-0.39, 0.29) is 12.2 Å². The number of anilines is 4. The van der Waals surface area contributed by atoms with Crippen LogP contribution in [-0.4, -0.2) is 82.6 Å². The van der Waals surface area contributed by atoms with Gasteiger partial charge in [0.05, 0.1) is 12.8 Å². The highest BCUT2D eigenvalue weighted by molar-refractivity contribution is 5.90. The van der Waals surface area contributed by atoms with Gasteiger partial charge >= 0.3 is 0 Å². The van der Waals surface area contributed by atoms with Gasteiger partial charge in [0.15, 0.2) is 0 Å². The van der Waals surface area contributed by atoms with E-state index < -0.39 is 0 Å². The molecule has 2 aliphatic rings. The Labute approximate surface area is 198 Å². The van der Waals surface area contributed by atoms with E-state index in [9.17, 15) is 4.79 Å². The summed E-state index contributed by atoms with van der Waals surface area (Å²) >= 11 is 0. The van der Waals surface area contributed by atoms with Crippen molar-refractivity contribution >= 4 is 34.0 Å². The van der Waals surface area contributed by atoms with E-state index in [1.165, 1.54) is 12.8 Å². The smallest absolute Gasteiger partial charge is 0.277 e. The first kappa shape index (κ1) is 22.5. The summed E-state index contributed by atoms with van der Waals surface area (Å²) in [5.41, 5.74) is 2.26. The number of fused-ring (bicyclic) bond motifs is 1. The summed E-state index contributed by atoms with van der Waals surface area (Å²) in [4.78, 5) is 28.9. The molecule has 4 heterocycles. The quantitative estimate of drug-likeness (QED) is 0.504. The van der Waals surface area contributed by atoms with Crippen LogP contribution in [0.5, 0.6) is 0 Å². The predicted molar refractivity (Wildman–Crippen MR) is 134 cm³/mol. The lowest BCUT2D eigenvalue weighted by Crippen LogP contribution is -2.47. The molecule has 3 N–H and O–H groups in total. The summed E-state index contributed by atoms with van der Waals surface area (Å²) in [5.74, 6) is 1.14. The van der Waals surface area contributed by atoms with Gasteiger partial charge in [0.2, 0.25) is 5.95 Å². The fourth-order valence-corrected chi connectivity index (χ4v) is 4.76. The van der Waals surface area contributed by atoms with Crippen LogP contribution >= 0.6 is 0 Å². The number of β-amino-alcohol motifs (C(OH)–C–C–N with tert-alkyl or cyclic N) is 1. The molecular formula is C24H32N8O2. The Bertz CT molecular complexity index is 1150. The Morgan fingerprint density at radius 2 is 1.65 bits per heavy atom. The van der Waals surface area contributed by atoms with Crippen LogP contribution in [-0.2, 0) is 0 Å². The molecule has 2 fully saturated rings. The van der Waals surface area contributed by atoms with E-state index >= 15 is 0 Å². The SMILES string of the molecule is O=c1[nH]ncc2nc(N3CCCCCC3)nc(Nc3ccc(N4CCN(CCO)CC4)cc3)c12. The van der Waals surface area contributed by atoms with Crippen molar-refractivity contribution in [3.63, 3.8) is 0 Å².